The Kier molecular flexibility index (Phi) is 4.86. The number of rotatable bonds is 5. The molecule has 4 rings (SSSR count). The Hall–Kier alpha value is -2.42. The van der Waals surface area contributed by atoms with Gasteiger partial charge in [-0.3, -0.25) is 9.20 Å². The van der Waals surface area contributed by atoms with Gasteiger partial charge in [0, 0.05) is 18.3 Å². The minimum Gasteiger partial charge on any atom is -0.497 e. The summed E-state index contributed by atoms with van der Waals surface area (Å²) in [5, 5.41) is -0.215. The molecule has 1 atom stereocenters. The zero-order valence-electron chi connectivity index (χ0n) is 15.1. The lowest BCUT2D eigenvalue weighted by Crippen LogP contribution is -2.41. The number of ether oxygens (including phenoxy) is 1. The summed E-state index contributed by atoms with van der Waals surface area (Å²) in [6.07, 6.45) is 2.65. The maximum Gasteiger partial charge on any atom is 0.262 e. The molecule has 0 amide bonds. The first-order chi connectivity index (χ1) is 13.4. The molecule has 3 aromatic rings. The first-order valence-corrected chi connectivity index (χ1v) is 10.6. The fourth-order valence-corrected chi connectivity index (χ4v) is 5.78. The molecule has 0 bridgehead atoms. The van der Waals surface area contributed by atoms with Gasteiger partial charge < -0.3 is 4.74 Å². The Morgan fingerprint density at radius 2 is 1.96 bits per heavy atom. The predicted octanol–water partition coefficient (Wildman–Crippen LogP) is 3.03. The van der Waals surface area contributed by atoms with Gasteiger partial charge >= 0.3 is 0 Å². The quantitative estimate of drug-likeness (QED) is 0.594. The summed E-state index contributed by atoms with van der Waals surface area (Å²) in [6.45, 7) is 0.255. The second-order valence-corrected chi connectivity index (χ2v) is 8.67. The van der Waals surface area contributed by atoms with Crippen LogP contribution in [0.2, 0.25) is 5.15 Å². The van der Waals surface area contributed by atoms with Gasteiger partial charge in [0.2, 0.25) is 0 Å². The number of imidazole rings is 1. The van der Waals surface area contributed by atoms with Gasteiger partial charge in [0.1, 0.15) is 11.4 Å². The highest BCUT2D eigenvalue weighted by Gasteiger charge is 2.42. The van der Waals surface area contributed by atoms with Gasteiger partial charge in [0.25, 0.3) is 10.0 Å². The van der Waals surface area contributed by atoms with E-state index in [2.05, 4.69) is 4.98 Å². The van der Waals surface area contributed by atoms with Crippen LogP contribution >= 0.6 is 11.6 Å². The Labute approximate surface area is 167 Å². The van der Waals surface area contributed by atoms with E-state index in [1.54, 1.807) is 55.8 Å². The van der Waals surface area contributed by atoms with Crippen LogP contribution in [-0.2, 0) is 10.0 Å². The normalized spacial score (nSPS) is 17.9. The fourth-order valence-electron chi connectivity index (χ4n) is 3.52. The third-order valence-electron chi connectivity index (χ3n) is 4.88. The number of fused-ring (bicyclic) bond motifs is 1. The monoisotopic (exact) mass is 419 g/mol. The molecule has 28 heavy (non-hydrogen) atoms. The molecule has 1 fully saturated rings. The number of halogens is 1. The molecule has 1 saturated heterocycles. The van der Waals surface area contributed by atoms with Crippen molar-refractivity contribution in [3.63, 3.8) is 0 Å². The van der Waals surface area contributed by atoms with Gasteiger partial charge in [-0.15, -0.1) is 0 Å². The molecule has 0 radical (unpaired) electrons. The van der Waals surface area contributed by atoms with E-state index in [0.29, 0.717) is 29.8 Å². The number of carbonyl (C=O) groups is 1. The van der Waals surface area contributed by atoms with Crippen molar-refractivity contribution >= 4 is 33.1 Å². The van der Waals surface area contributed by atoms with Crippen LogP contribution in [0.15, 0.2) is 53.7 Å². The van der Waals surface area contributed by atoms with E-state index in [1.807, 2.05) is 0 Å². The molecule has 0 aliphatic carbocycles. The molecular weight excluding hydrogens is 402 g/mol. The largest absolute Gasteiger partial charge is 0.497 e. The van der Waals surface area contributed by atoms with Crippen molar-refractivity contribution < 1.29 is 17.9 Å². The summed E-state index contributed by atoms with van der Waals surface area (Å²) in [6, 6.07) is 11.0. The smallest absolute Gasteiger partial charge is 0.262 e. The average Bonchev–Trinajstić information content (AvgIpc) is 3.32. The fraction of sp³-hybridized carbons (Fsp3) is 0.263. The van der Waals surface area contributed by atoms with E-state index in [9.17, 15) is 13.2 Å². The molecule has 1 aliphatic heterocycles. The van der Waals surface area contributed by atoms with Crippen molar-refractivity contribution in [3.8, 4) is 5.75 Å². The van der Waals surface area contributed by atoms with E-state index < -0.39 is 16.1 Å². The van der Waals surface area contributed by atoms with Gasteiger partial charge in [-0.25, -0.2) is 13.4 Å². The topological polar surface area (TPSA) is 81.0 Å². The number of ketones is 1. The van der Waals surface area contributed by atoms with E-state index in [1.165, 1.54) is 8.71 Å². The zero-order chi connectivity index (χ0) is 19.9. The molecule has 9 heteroatoms. The third-order valence-corrected chi connectivity index (χ3v) is 7.19. The van der Waals surface area contributed by atoms with Crippen LogP contribution in [0.4, 0.5) is 0 Å². The minimum absolute atomic E-state index is 0.103. The molecular formula is C19H18ClN3O4S. The van der Waals surface area contributed by atoms with E-state index in [0.717, 1.165) is 0 Å². The van der Waals surface area contributed by atoms with E-state index in [4.69, 9.17) is 16.3 Å². The van der Waals surface area contributed by atoms with Crippen molar-refractivity contribution in [2.45, 2.75) is 23.9 Å². The number of sulfonamides is 1. The molecule has 0 saturated carbocycles. The first-order valence-electron chi connectivity index (χ1n) is 8.76. The highest BCUT2D eigenvalue weighted by Crippen LogP contribution is 2.32. The molecule has 1 aliphatic rings. The van der Waals surface area contributed by atoms with Crippen LogP contribution in [0.3, 0.4) is 0 Å². The van der Waals surface area contributed by atoms with Gasteiger partial charge in [-0.1, -0.05) is 17.7 Å². The standard InChI is InChI=1S/C19H18ClN3O4S/c1-27-14-9-7-13(8-10-14)17(24)15-5-4-12-23(15)28(25,26)19-18(20)21-16-6-2-3-11-22(16)19/h2-3,6-11,15H,4-5,12H2,1H3. The number of pyridine rings is 1. The summed E-state index contributed by atoms with van der Waals surface area (Å²) in [4.78, 5) is 17.1. The van der Waals surface area contributed by atoms with Gasteiger partial charge in [0.05, 0.1) is 13.2 Å². The molecule has 7 nitrogen and oxygen atoms in total. The summed E-state index contributed by atoms with van der Waals surface area (Å²) in [5.41, 5.74) is 0.875. The lowest BCUT2D eigenvalue weighted by atomic mass is 10.0. The third kappa shape index (κ3) is 3.07. The Morgan fingerprint density at radius 3 is 2.68 bits per heavy atom. The molecule has 0 N–H and O–H groups in total. The zero-order valence-corrected chi connectivity index (χ0v) is 16.7. The van der Waals surface area contributed by atoms with Crippen LogP contribution in [0.5, 0.6) is 5.75 Å². The van der Waals surface area contributed by atoms with Crippen LogP contribution in [0, 0.1) is 0 Å². The van der Waals surface area contributed by atoms with Crippen LogP contribution in [0.1, 0.15) is 23.2 Å². The van der Waals surface area contributed by atoms with E-state index in [-0.39, 0.29) is 22.5 Å². The lowest BCUT2D eigenvalue weighted by molar-refractivity contribution is 0.0918. The molecule has 0 spiro atoms. The van der Waals surface area contributed by atoms with Crippen molar-refractivity contribution in [2.75, 3.05) is 13.7 Å². The Morgan fingerprint density at radius 1 is 1.21 bits per heavy atom. The Bertz CT molecular complexity index is 1140. The second kappa shape index (κ2) is 7.20. The highest BCUT2D eigenvalue weighted by atomic mass is 35.5. The summed E-state index contributed by atoms with van der Waals surface area (Å²) in [5.74, 6) is 0.388. The highest BCUT2D eigenvalue weighted by molar-refractivity contribution is 7.89. The summed E-state index contributed by atoms with van der Waals surface area (Å²) < 4.78 is 34.6. The van der Waals surface area contributed by atoms with Crippen LogP contribution in [-0.4, -0.2) is 47.6 Å². The van der Waals surface area contributed by atoms with Crippen molar-refractivity contribution in [1.29, 1.82) is 0 Å². The summed E-state index contributed by atoms with van der Waals surface area (Å²) >= 11 is 6.17. The van der Waals surface area contributed by atoms with Crippen molar-refractivity contribution in [1.82, 2.24) is 13.7 Å². The number of aromatic nitrogens is 2. The van der Waals surface area contributed by atoms with E-state index >= 15 is 0 Å². The number of hydrogen-bond acceptors (Lipinski definition) is 5. The SMILES string of the molecule is COc1ccc(C(=O)C2CCCN2S(=O)(=O)c2c(Cl)nc3ccccn23)cc1. The number of carbonyl (C=O) groups excluding carboxylic acids is 1. The number of Topliss-reactive ketones (excluding diaryl/α,β-unsaturated/α-hetero) is 1. The maximum atomic E-state index is 13.4. The minimum atomic E-state index is -4.01. The van der Waals surface area contributed by atoms with Crippen LogP contribution < -0.4 is 4.74 Å². The van der Waals surface area contributed by atoms with Crippen molar-refractivity contribution in [3.05, 3.63) is 59.4 Å². The predicted molar refractivity (Wildman–Crippen MR) is 104 cm³/mol. The lowest BCUT2D eigenvalue weighted by Gasteiger charge is -2.23. The van der Waals surface area contributed by atoms with Crippen LogP contribution in [0.25, 0.3) is 5.65 Å². The number of benzene rings is 1. The van der Waals surface area contributed by atoms with Crippen molar-refractivity contribution in [2.24, 2.45) is 0 Å². The van der Waals surface area contributed by atoms with Gasteiger partial charge in [-0.05, 0) is 49.2 Å². The molecule has 3 heterocycles. The molecule has 1 unspecified atom stereocenters. The second-order valence-electron chi connectivity index (χ2n) is 6.50. The van der Waals surface area contributed by atoms with Gasteiger partial charge in [0.15, 0.2) is 16.0 Å². The number of methoxy groups -OCH3 is 1. The first kappa shape index (κ1) is 18.9. The maximum absolute atomic E-state index is 13.4. The average molecular weight is 420 g/mol. The summed E-state index contributed by atoms with van der Waals surface area (Å²) in [7, 11) is -2.47. The number of nitrogens with zero attached hydrogens (tertiary/aromatic N) is 3. The molecule has 2 aromatic heterocycles. The Balaban J connectivity index is 1.72. The number of hydrogen-bond donors (Lipinski definition) is 0. The molecule has 1 aromatic carbocycles. The van der Waals surface area contributed by atoms with Gasteiger partial charge in [-0.2, -0.15) is 4.31 Å². The molecule has 146 valence electrons.